The largest absolute Gasteiger partial charge is 0.494 e. The van der Waals surface area contributed by atoms with Gasteiger partial charge in [0.1, 0.15) is 5.75 Å². The van der Waals surface area contributed by atoms with Crippen LogP contribution in [-0.4, -0.2) is 12.5 Å². The Hall–Kier alpha value is -0.690. The molecule has 84 valence electrons. The van der Waals surface area contributed by atoms with Crippen LogP contribution in [0.25, 0.3) is 0 Å². The summed E-state index contributed by atoms with van der Waals surface area (Å²) < 4.78 is 5.54. The maximum atomic E-state index is 5.69. The van der Waals surface area contributed by atoms with E-state index in [9.17, 15) is 0 Å². The second-order valence-corrected chi connectivity index (χ2v) is 3.94. The summed E-state index contributed by atoms with van der Waals surface area (Å²) in [5.74, 6) is 1.71. The Morgan fingerprint density at radius 2 is 1.87 bits per heavy atom. The van der Waals surface area contributed by atoms with Crippen molar-refractivity contribution < 1.29 is 4.74 Å². The summed E-state index contributed by atoms with van der Waals surface area (Å²) in [5.41, 5.74) is 2.67. The lowest BCUT2D eigenvalue weighted by atomic mass is 10.0. The molecule has 0 spiro atoms. The fraction of sp³-hybridized carbons (Fsp3) is 0.538. The van der Waals surface area contributed by atoms with E-state index < -0.39 is 0 Å². The first-order valence-corrected chi connectivity index (χ1v) is 6.15. The van der Waals surface area contributed by atoms with Crippen molar-refractivity contribution in [1.29, 1.82) is 0 Å². The van der Waals surface area contributed by atoms with Gasteiger partial charge in [-0.3, -0.25) is 0 Å². The SMILES string of the molecule is CCOc1cc(CC)cc(CCCCl)c1. The van der Waals surface area contributed by atoms with Crippen molar-refractivity contribution >= 4 is 11.6 Å². The molecule has 0 fully saturated rings. The van der Waals surface area contributed by atoms with Crippen molar-refractivity contribution in [3.05, 3.63) is 29.3 Å². The molecule has 1 rings (SSSR count). The van der Waals surface area contributed by atoms with Gasteiger partial charge >= 0.3 is 0 Å². The number of aryl methyl sites for hydroxylation is 2. The maximum Gasteiger partial charge on any atom is 0.119 e. The van der Waals surface area contributed by atoms with Gasteiger partial charge in [-0.2, -0.15) is 0 Å². The minimum atomic E-state index is 0.723. The number of hydrogen-bond acceptors (Lipinski definition) is 1. The molecule has 0 unspecified atom stereocenters. The fourth-order valence-corrected chi connectivity index (χ4v) is 1.73. The average molecular weight is 227 g/mol. The van der Waals surface area contributed by atoms with E-state index in [-0.39, 0.29) is 0 Å². The minimum Gasteiger partial charge on any atom is -0.494 e. The Balaban J connectivity index is 2.79. The summed E-state index contributed by atoms with van der Waals surface area (Å²) in [6.07, 6.45) is 3.12. The molecule has 0 saturated carbocycles. The third kappa shape index (κ3) is 4.13. The van der Waals surface area contributed by atoms with Crippen LogP contribution in [0.2, 0.25) is 0 Å². The molecule has 0 radical (unpaired) electrons. The molecule has 0 aliphatic carbocycles. The molecule has 0 saturated heterocycles. The van der Waals surface area contributed by atoms with E-state index >= 15 is 0 Å². The zero-order valence-electron chi connectivity index (χ0n) is 9.55. The van der Waals surface area contributed by atoms with Gasteiger partial charge in [-0.05, 0) is 49.4 Å². The van der Waals surface area contributed by atoms with E-state index in [1.165, 1.54) is 11.1 Å². The lowest BCUT2D eigenvalue weighted by Gasteiger charge is -2.08. The van der Waals surface area contributed by atoms with Gasteiger partial charge in [-0.1, -0.05) is 13.0 Å². The Morgan fingerprint density at radius 3 is 2.47 bits per heavy atom. The number of rotatable bonds is 6. The highest BCUT2D eigenvalue weighted by atomic mass is 35.5. The van der Waals surface area contributed by atoms with Crippen LogP contribution in [0, 0.1) is 0 Å². The van der Waals surface area contributed by atoms with E-state index in [0.717, 1.165) is 37.5 Å². The summed E-state index contributed by atoms with van der Waals surface area (Å²) >= 11 is 5.69. The number of benzene rings is 1. The van der Waals surface area contributed by atoms with Crippen molar-refractivity contribution in [3.8, 4) is 5.75 Å². The summed E-state index contributed by atoms with van der Waals surface area (Å²) in [5, 5.41) is 0. The average Bonchev–Trinajstić information content (AvgIpc) is 2.26. The van der Waals surface area contributed by atoms with Crippen LogP contribution in [0.5, 0.6) is 5.75 Å². The molecule has 0 aliphatic rings. The summed E-state index contributed by atoms with van der Waals surface area (Å²) in [6, 6.07) is 6.48. The van der Waals surface area contributed by atoms with Gasteiger partial charge in [0.25, 0.3) is 0 Å². The predicted molar refractivity (Wildman–Crippen MR) is 66.0 cm³/mol. The Kier molecular flexibility index (Phi) is 5.56. The number of hydrogen-bond donors (Lipinski definition) is 0. The van der Waals surface area contributed by atoms with E-state index in [4.69, 9.17) is 16.3 Å². The van der Waals surface area contributed by atoms with Crippen LogP contribution in [0.3, 0.4) is 0 Å². The molecular formula is C13H19ClO. The molecule has 0 heterocycles. The molecule has 1 aromatic rings. The van der Waals surface area contributed by atoms with Crippen molar-refractivity contribution in [2.45, 2.75) is 33.1 Å². The molecule has 0 bridgehead atoms. The molecule has 1 aromatic carbocycles. The van der Waals surface area contributed by atoms with Gasteiger partial charge in [-0.15, -0.1) is 11.6 Å². The van der Waals surface area contributed by atoms with Crippen LogP contribution in [0.4, 0.5) is 0 Å². The van der Waals surface area contributed by atoms with Gasteiger partial charge in [-0.25, -0.2) is 0 Å². The van der Waals surface area contributed by atoms with Gasteiger partial charge < -0.3 is 4.74 Å². The lowest BCUT2D eigenvalue weighted by Crippen LogP contribution is -1.96. The molecule has 15 heavy (non-hydrogen) atoms. The summed E-state index contributed by atoms with van der Waals surface area (Å²) in [7, 11) is 0. The number of ether oxygens (including phenoxy) is 1. The van der Waals surface area contributed by atoms with Crippen LogP contribution < -0.4 is 4.74 Å². The molecule has 0 aliphatic heterocycles. The molecule has 0 N–H and O–H groups in total. The van der Waals surface area contributed by atoms with Crippen molar-refractivity contribution in [2.24, 2.45) is 0 Å². The quantitative estimate of drug-likeness (QED) is 0.671. The Bertz CT molecular complexity index is 297. The number of alkyl halides is 1. The van der Waals surface area contributed by atoms with Crippen LogP contribution in [-0.2, 0) is 12.8 Å². The van der Waals surface area contributed by atoms with E-state index in [1.807, 2.05) is 6.92 Å². The van der Waals surface area contributed by atoms with Crippen LogP contribution in [0.1, 0.15) is 31.4 Å². The zero-order chi connectivity index (χ0) is 11.1. The monoisotopic (exact) mass is 226 g/mol. The Morgan fingerprint density at radius 1 is 1.13 bits per heavy atom. The predicted octanol–water partition coefficient (Wildman–Crippen LogP) is 3.82. The molecule has 2 heteroatoms. The second-order valence-electron chi connectivity index (χ2n) is 3.56. The normalized spacial score (nSPS) is 10.3. The maximum absolute atomic E-state index is 5.69. The van der Waals surface area contributed by atoms with E-state index in [1.54, 1.807) is 0 Å². The van der Waals surface area contributed by atoms with E-state index in [2.05, 4.69) is 25.1 Å². The van der Waals surface area contributed by atoms with Gasteiger partial charge in [0.05, 0.1) is 6.61 Å². The first-order valence-electron chi connectivity index (χ1n) is 5.61. The van der Waals surface area contributed by atoms with Gasteiger partial charge in [0, 0.05) is 5.88 Å². The van der Waals surface area contributed by atoms with Crippen molar-refractivity contribution in [3.63, 3.8) is 0 Å². The lowest BCUT2D eigenvalue weighted by molar-refractivity contribution is 0.339. The third-order valence-electron chi connectivity index (χ3n) is 2.34. The third-order valence-corrected chi connectivity index (χ3v) is 2.61. The first-order chi connectivity index (χ1) is 7.30. The molecule has 0 amide bonds. The highest BCUT2D eigenvalue weighted by Crippen LogP contribution is 2.19. The second kappa shape index (κ2) is 6.73. The first kappa shape index (κ1) is 12.4. The number of halogens is 1. The van der Waals surface area contributed by atoms with Crippen molar-refractivity contribution in [1.82, 2.24) is 0 Å². The van der Waals surface area contributed by atoms with Crippen LogP contribution in [0.15, 0.2) is 18.2 Å². The molecule has 0 aromatic heterocycles. The topological polar surface area (TPSA) is 9.23 Å². The molecule has 1 nitrogen and oxygen atoms in total. The summed E-state index contributed by atoms with van der Waals surface area (Å²) in [4.78, 5) is 0. The van der Waals surface area contributed by atoms with Gasteiger partial charge in [0.15, 0.2) is 0 Å². The summed E-state index contributed by atoms with van der Waals surface area (Å²) in [6.45, 7) is 4.90. The molecular weight excluding hydrogens is 208 g/mol. The molecule has 0 atom stereocenters. The minimum absolute atomic E-state index is 0.723. The highest BCUT2D eigenvalue weighted by molar-refractivity contribution is 6.17. The van der Waals surface area contributed by atoms with E-state index in [0.29, 0.717) is 0 Å². The smallest absolute Gasteiger partial charge is 0.119 e. The Labute approximate surface area is 97.4 Å². The zero-order valence-corrected chi connectivity index (χ0v) is 10.3. The van der Waals surface area contributed by atoms with Crippen molar-refractivity contribution in [2.75, 3.05) is 12.5 Å². The highest BCUT2D eigenvalue weighted by Gasteiger charge is 2.00. The van der Waals surface area contributed by atoms with Gasteiger partial charge in [0.2, 0.25) is 0 Å². The standard InChI is InChI=1S/C13H19ClO/c1-3-11-8-12(6-5-7-14)10-13(9-11)15-4-2/h8-10H,3-7H2,1-2H3. The fourth-order valence-electron chi connectivity index (χ4n) is 1.60. The van der Waals surface area contributed by atoms with Crippen LogP contribution >= 0.6 is 11.6 Å².